The first-order valence-electron chi connectivity index (χ1n) is 5.67. The molecular weight excluding hydrogens is 226 g/mol. The molecule has 0 aliphatic carbocycles. The van der Waals surface area contributed by atoms with E-state index < -0.39 is 0 Å². The molecular formula is C14H13N3O. The molecule has 0 saturated heterocycles. The average molecular weight is 239 g/mol. The van der Waals surface area contributed by atoms with Gasteiger partial charge in [-0.15, -0.1) is 0 Å². The molecule has 1 heterocycles. The van der Waals surface area contributed by atoms with Crippen LogP contribution in [0.25, 0.3) is 16.7 Å². The number of benzene rings is 2. The molecule has 2 aromatic carbocycles. The number of para-hydroxylation sites is 2. The summed E-state index contributed by atoms with van der Waals surface area (Å²) in [6.07, 6.45) is 0. The van der Waals surface area contributed by atoms with Gasteiger partial charge in [-0.25, -0.2) is 4.98 Å². The van der Waals surface area contributed by atoms with Crippen molar-refractivity contribution in [2.45, 2.75) is 0 Å². The van der Waals surface area contributed by atoms with Gasteiger partial charge in [0, 0.05) is 5.69 Å². The van der Waals surface area contributed by atoms with E-state index in [9.17, 15) is 0 Å². The van der Waals surface area contributed by atoms with E-state index in [0.717, 1.165) is 22.5 Å². The molecule has 90 valence electrons. The van der Waals surface area contributed by atoms with Gasteiger partial charge < -0.3 is 10.5 Å². The van der Waals surface area contributed by atoms with Gasteiger partial charge in [0.1, 0.15) is 11.3 Å². The van der Waals surface area contributed by atoms with Gasteiger partial charge in [0.05, 0.1) is 12.6 Å². The Morgan fingerprint density at radius 3 is 2.56 bits per heavy atom. The third-order valence-corrected chi connectivity index (χ3v) is 2.90. The molecule has 0 radical (unpaired) electrons. The van der Waals surface area contributed by atoms with Crippen LogP contribution in [-0.4, -0.2) is 16.7 Å². The van der Waals surface area contributed by atoms with Crippen molar-refractivity contribution in [3.8, 4) is 11.4 Å². The highest BCUT2D eigenvalue weighted by molar-refractivity contribution is 5.86. The molecule has 18 heavy (non-hydrogen) atoms. The van der Waals surface area contributed by atoms with E-state index in [1.165, 1.54) is 0 Å². The minimum Gasteiger partial charge on any atom is -0.494 e. The summed E-state index contributed by atoms with van der Waals surface area (Å²) in [7, 11) is 1.65. The lowest BCUT2D eigenvalue weighted by atomic mass is 10.2. The number of methoxy groups -OCH3 is 1. The predicted molar refractivity (Wildman–Crippen MR) is 72.0 cm³/mol. The van der Waals surface area contributed by atoms with Crippen molar-refractivity contribution in [3.63, 3.8) is 0 Å². The fraction of sp³-hybridized carbons (Fsp3) is 0.0714. The van der Waals surface area contributed by atoms with Crippen LogP contribution in [0.15, 0.2) is 48.5 Å². The lowest BCUT2D eigenvalue weighted by Gasteiger charge is -2.08. The van der Waals surface area contributed by atoms with Crippen LogP contribution < -0.4 is 10.5 Å². The number of anilines is 1. The highest BCUT2D eigenvalue weighted by Gasteiger charge is 2.13. The van der Waals surface area contributed by atoms with Crippen LogP contribution in [0.4, 0.5) is 5.95 Å². The van der Waals surface area contributed by atoms with Crippen molar-refractivity contribution in [2.75, 3.05) is 12.8 Å². The Morgan fingerprint density at radius 1 is 1.06 bits per heavy atom. The van der Waals surface area contributed by atoms with Crippen molar-refractivity contribution in [3.05, 3.63) is 48.5 Å². The molecule has 0 spiro atoms. The Morgan fingerprint density at radius 2 is 1.83 bits per heavy atom. The van der Waals surface area contributed by atoms with Gasteiger partial charge in [0.2, 0.25) is 5.95 Å². The van der Waals surface area contributed by atoms with Crippen LogP contribution in [0, 0.1) is 0 Å². The maximum absolute atomic E-state index is 6.01. The zero-order valence-electron chi connectivity index (χ0n) is 10.00. The fourth-order valence-corrected chi connectivity index (χ4v) is 2.12. The fourth-order valence-electron chi connectivity index (χ4n) is 2.12. The van der Waals surface area contributed by atoms with E-state index in [0.29, 0.717) is 5.95 Å². The number of nitrogens with zero attached hydrogens (tertiary/aromatic N) is 2. The van der Waals surface area contributed by atoms with Crippen LogP contribution in [0.3, 0.4) is 0 Å². The van der Waals surface area contributed by atoms with Gasteiger partial charge in [-0.1, -0.05) is 24.3 Å². The third kappa shape index (κ3) is 1.50. The Balaban J connectivity index is 2.38. The standard InChI is InChI=1S/C14H13N3O/c1-18-12-9-5-8-11-13(12)17(14(15)16-11)10-6-3-2-4-7-10/h2-9H,1H3,(H2,15,16). The number of nitrogen functional groups attached to an aromatic ring is 1. The molecule has 0 amide bonds. The maximum atomic E-state index is 6.01. The average Bonchev–Trinajstić information content (AvgIpc) is 2.75. The van der Waals surface area contributed by atoms with E-state index in [1.807, 2.05) is 53.1 Å². The summed E-state index contributed by atoms with van der Waals surface area (Å²) in [5, 5.41) is 0. The molecule has 3 aromatic rings. The second-order valence-corrected chi connectivity index (χ2v) is 3.97. The summed E-state index contributed by atoms with van der Waals surface area (Å²) in [4.78, 5) is 4.36. The summed E-state index contributed by atoms with van der Waals surface area (Å²) < 4.78 is 7.28. The lowest BCUT2D eigenvalue weighted by molar-refractivity contribution is 0.418. The normalized spacial score (nSPS) is 10.7. The molecule has 4 heteroatoms. The SMILES string of the molecule is COc1cccc2nc(N)n(-c3ccccc3)c12. The van der Waals surface area contributed by atoms with E-state index in [2.05, 4.69) is 4.98 Å². The first-order chi connectivity index (χ1) is 8.81. The van der Waals surface area contributed by atoms with Gasteiger partial charge in [-0.2, -0.15) is 0 Å². The van der Waals surface area contributed by atoms with Gasteiger partial charge in [-0.3, -0.25) is 4.57 Å². The number of ether oxygens (including phenoxy) is 1. The van der Waals surface area contributed by atoms with E-state index in [1.54, 1.807) is 7.11 Å². The van der Waals surface area contributed by atoms with Gasteiger partial charge in [-0.05, 0) is 24.3 Å². The molecule has 0 fully saturated rings. The second kappa shape index (κ2) is 4.07. The van der Waals surface area contributed by atoms with Gasteiger partial charge >= 0.3 is 0 Å². The molecule has 0 bridgehead atoms. The largest absolute Gasteiger partial charge is 0.494 e. The molecule has 1 aromatic heterocycles. The van der Waals surface area contributed by atoms with Crippen molar-refractivity contribution in [1.29, 1.82) is 0 Å². The molecule has 0 unspecified atom stereocenters. The lowest BCUT2D eigenvalue weighted by Crippen LogP contribution is -2.01. The minimum atomic E-state index is 0.459. The van der Waals surface area contributed by atoms with Crippen molar-refractivity contribution in [2.24, 2.45) is 0 Å². The summed E-state index contributed by atoms with van der Waals surface area (Å²) in [6, 6.07) is 15.6. The van der Waals surface area contributed by atoms with Crippen LogP contribution >= 0.6 is 0 Å². The Kier molecular flexibility index (Phi) is 2.41. The second-order valence-electron chi connectivity index (χ2n) is 3.97. The van der Waals surface area contributed by atoms with Crippen LogP contribution in [0.5, 0.6) is 5.75 Å². The number of hydrogen-bond donors (Lipinski definition) is 1. The smallest absolute Gasteiger partial charge is 0.206 e. The van der Waals surface area contributed by atoms with Gasteiger partial charge in [0.15, 0.2) is 0 Å². The zero-order chi connectivity index (χ0) is 12.5. The van der Waals surface area contributed by atoms with Crippen LogP contribution in [-0.2, 0) is 0 Å². The van der Waals surface area contributed by atoms with Crippen LogP contribution in [0.1, 0.15) is 0 Å². The molecule has 0 aliphatic heterocycles. The first kappa shape index (κ1) is 10.7. The summed E-state index contributed by atoms with van der Waals surface area (Å²) in [5.74, 6) is 1.22. The quantitative estimate of drug-likeness (QED) is 0.748. The van der Waals surface area contributed by atoms with E-state index in [4.69, 9.17) is 10.5 Å². The van der Waals surface area contributed by atoms with Crippen LogP contribution in [0.2, 0.25) is 0 Å². The molecule has 4 nitrogen and oxygen atoms in total. The number of fused-ring (bicyclic) bond motifs is 1. The van der Waals surface area contributed by atoms with Gasteiger partial charge in [0.25, 0.3) is 0 Å². The molecule has 2 N–H and O–H groups in total. The van der Waals surface area contributed by atoms with Crippen molar-refractivity contribution >= 4 is 17.0 Å². The minimum absolute atomic E-state index is 0.459. The number of aromatic nitrogens is 2. The highest BCUT2D eigenvalue weighted by Crippen LogP contribution is 2.30. The molecule has 0 aliphatic rings. The Labute approximate surface area is 105 Å². The maximum Gasteiger partial charge on any atom is 0.206 e. The highest BCUT2D eigenvalue weighted by atomic mass is 16.5. The van der Waals surface area contributed by atoms with Crippen molar-refractivity contribution in [1.82, 2.24) is 9.55 Å². The number of nitrogens with two attached hydrogens (primary N) is 1. The topological polar surface area (TPSA) is 53.1 Å². The number of imidazole rings is 1. The van der Waals surface area contributed by atoms with Crippen molar-refractivity contribution < 1.29 is 4.74 Å². The summed E-state index contributed by atoms with van der Waals surface area (Å²) >= 11 is 0. The monoisotopic (exact) mass is 239 g/mol. The van der Waals surface area contributed by atoms with E-state index >= 15 is 0 Å². The van der Waals surface area contributed by atoms with E-state index in [-0.39, 0.29) is 0 Å². The summed E-state index contributed by atoms with van der Waals surface area (Å²) in [5.41, 5.74) is 8.70. The summed E-state index contributed by atoms with van der Waals surface area (Å²) in [6.45, 7) is 0. The Bertz CT molecular complexity index is 689. The number of rotatable bonds is 2. The Hall–Kier alpha value is -2.49. The third-order valence-electron chi connectivity index (χ3n) is 2.90. The molecule has 3 rings (SSSR count). The zero-order valence-corrected chi connectivity index (χ0v) is 10.00. The predicted octanol–water partition coefficient (Wildman–Crippen LogP) is 2.62. The first-order valence-corrected chi connectivity index (χ1v) is 5.67. The number of hydrogen-bond acceptors (Lipinski definition) is 3. The molecule has 0 saturated carbocycles. The molecule has 0 atom stereocenters.